The van der Waals surface area contributed by atoms with Crippen LogP contribution >= 0.6 is 23.5 Å². The predicted octanol–water partition coefficient (Wildman–Crippen LogP) is 3.62. The van der Waals surface area contributed by atoms with E-state index in [4.69, 9.17) is 4.74 Å². The summed E-state index contributed by atoms with van der Waals surface area (Å²) in [6.07, 6.45) is 1.26. The van der Waals surface area contributed by atoms with Crippen molar-refractivity contribution in [1.29, 1.82) is 0 Å². The van der Waals surface area contributed by atoms with Crippen LogP contribution in [0.15, 0.2) is 48.5 Å². The molecule has 0 unspecified atom stereocenters. The Morgan fingerprint density at radius 2 is 1.69 bits per heavy atom. The lowest BCUT2D eigenvalue weighted by Gasteiger charge is -2.21. The molecule has 2 aromatic rings. The first kappa shape index (κ1) is 21.5. The minimum atomic E-state index is -0.575. The van der Waals surface area contributed by atoms with Crippen molar-refractivity contribution in [1.82, 2.24) is 10.6 Å². The first-order valence-corrected chi connectivity index (χ1v) is 11.5. The van der Waals surface area contributed by atoms with Gasteiger partial charge in [-0.1, -0.05) is 24.3 Å². The molecule has 5 nitrogen and oxygen atoms in total. The van der Waals surface area contributed by atoms with E-state index in [-0.39, 0.29) is 31.2 Å². The van der Waals surface area contributed by atoms with E-state index in [1.54, 1.807) is 6.07 Å². The van der Waals surface area contributed by atoms with Gasteiger partial charge in [0, 0.05) is 13.1 Å². The molecular formula is C21H23FN2O3S2. The highest BCUT2D eigenvalue weighted by Crippen LogP contribution is 2.43. The van der Waals surface area contributed by atoms with Gasteiger partial charge in [-0.05, 0) is 47.8 Å². The minimum Gasteiger partial charge on any atom is -0.484 e. The molecule has 1 aliphatic rings. The molecule has 0 aromatic heterocycles. The number of hydrogen-bond acceptors (Lipinski definition) is 5. The number of carbonyl (C=O) groups is 2. The molecule has 0 spiro atoms. The monoisotopic (exact) mass is 434 g/mol. The third kappa shape index (κ3) is 6.68. The van der Waals surface area contributed by atoms with Crippen LogP contribution in [0.2, 0.25) is 0 Å². The zero-order chi connectivity index (χ0) is 20.5. The Bertz CT molecular complexity index is 827. The Balaban J connectivity index is 1.33. The fraction of sp³-hybridized carbons (Fsp3) is 0.333. The van der Waals surface area contributed by atoms with Gasteiger partial charge < -0.3 is 15.4 Å². The highest BCUT2D eigenvalue weighted by molar-refractivity contribution is 8.16. The van der Waals surface area contributed by atoms with Crippen molar-refractivity contribution in [2.75, 3.05) is 31.2 Å². The summed E-state index contributed by atoms with van der Waals surface area (Å²) in [5.41, 5.74) is 1.25. The van der Waals surface area contributed by atoms with E-state index in [0.717, 1.165) is 0 Å². The molecule has 0 aliphatic carbocycles. The summed E-state index contributed by atoms with van der Waals surface area (Å²) in [4.78, 5) is 23.8. The molecular weight excluding hydrogens is 411 g/mol. The number of nitrogens with one attached hydrogen (secondary N) is 2. The van der Waals surface area contributed by atoms with Crippen molar-refractivity contribution >= 4 is 35.3 Å². The number of carbonyl (C=O) groups excluding carboxylic acids is 2. The highest BCUT2D eigenvalue weighted by Gasteiger charge is 2.16. The highest BCUT2D eigenvalue weighted by atomic mass is 32.2. The largest absolute Gasteiger partial charge is 0.484 e. The third-order valence-corrected chi connectivity index (χ3v) is 7.22. The van der Waals surface area contributed by atoms with Gasteiger partial charge in [-0.3, -0.25) is 9.59 Å². The van der Waals surface area contributed by atoms with Crippen LogP contribution < -0.4 is 15.4 Å². The Hall–Kier alpha value is -2.19. The van der Waals surface area contributed by atoms with E-state index in [2.05, 4.69) is 10.6 Å². The van der Waals surface area contributed by atoms with Gasteiger partial charge in [-0.25, -0.2) is 4.39 Å². The summed E-state index contributed by atoms with van der Waals surface area (Å²) in [5, 5.41) is 5.23. The standard InChI is InChI=1S/C21H23FN2O3S2/c22-18-5-2-1-4-17(18)20(26)24-11-10-23-19(25)14-27-16-8-6-15(7-9-16)21-28-12-3-13-29-21/h1-2,4-9,21H,3,10-14H2,(H,23,25)(H,24,26). The molecule has 2 N–H and O–H groups in total. The van der Waals surface area contributed by atoms with Crippen molar-refractivity contribution in [3.8, 4) is 5.75 Å². The average Bonchev–Trinajstić information content (AvgIpc) is 2.76. The van der Waals surface area contributed by atoms with Crippen molar-refractivity contribution in [2.45, 2.75) is 11.0 Å². The second-order valence-electron chi connectivity index (χ2n) is 6.37. The number of ether oxygens (including phenoxy) is 1. The summed E-state index contributed by atoms with van der Waals surface area (Å²) < 4.78 is 19.5. The summed E-state index contributed by atoms with van der Waals surface area (Å²) in [7, 11) is 0. The zero-order valence-electron chi connectivity index (χ0n) is 15.9. The van der Waals surface area contributed by atoms with Crippen LogP contribution in [-0.4, -0.2) is 43.0 Å². The molecule has 2 amide bonds. The molecule has 0 radical (unpaired) electrons. The molecule has 154 valence electrons. The van der Waals surface area contributed by atoms with Crippen molar-refractivity contribution in [2.24, 2.45) is 0 Å². The first-order valence-electron chi connectivity index (χ1n) is 9.39. The van der Waals surface area contributed by atoms with Crippen LogP contribution in [0.1, 0.15) is 26.9 Å². The average molecular weight is 435 g/mol. The van der Waals surface area contributed by atoms with E-state index >= 15 is 0 Å². The van der Waals surface area contributed by atoms with Crippen molar-refractivity contribution < 1.29 is 18.7 Å². The number of amides is 2. The second kappa shape index (κ2) is 11.1. The maximum Gasteiger partial charge on any atom is 0.258 e. The molecule has 2 aromatic carbocycles. The first-order chi connectivity index (χ1) is 14.1. The number of hydrogen-bond donors (Lipinski definition) is 2. The molecule has 29 heavy (non-hydrogen) atoms. The van der Waals surface area contributed by atoms with E-state index in [1.807, 2.05) is 47.8 Å². The van der Waals surface area contributed by atoms with Crippen LogP contribution in [-0.2, 0) is 4.79 Å². The normalized spacial score (nSPS) is 14.2. The van der Waals surface area contributed by atoms with Crippen LogP contribution in [0, 0.1) is 5.82 Å². The number of halogens is 1. The topological polar surface area (TPSA) is 67.4 Å². The second-order valence-corrected chi connectivity index (χ2v) is 9.09. The van der Waals surface area contributed by atoms with Crippen molar-refractivity contribution in [3.63, 3.8) is 0 Å². The number of benzene rings is 2. The molecule has 0 saturated carbocycles. The SMILES string of the molecule is O=C(COc1ccc(C2SCCCS2)cc1)NCCNC(=O)c1ccccc1F. The third-order valence-electron chi connectivity index (χ3n) is 4.20. The molecule has 3 rings (SSSR count). The maximum atomic E-state index is 13.5. The van der Waals surface area contributed by atoms with Crippen LogP contribution in [0.25, 0.3) is 0 Å². The summed E-state index contributed by atoms with van der Waals surface area (Å²) in [6.45, 7) is 0.329. The Kier molecular flexibility index (Phi) is 8.25. The van der Waals surface area contributed by atoms with Gasteiger partial charge in [-0.2, -0.15) is 0 Å². The minimum absolute atomic E-state index is 0.0179. The molecule has 1 fully saturated rings. The predicted molar refractivity (Wildman–Crippen MR) is 116 cm³/mol. The van der Waals surface area contributed by atoms with Gasteiger partial charge in [0.1, 0.15) is 11.6 Å². The van der Waals surface area contributed by atoms with Crippen LogP contribution in [0.4, 0.5) is 4.39 Å². The molecule has 8 heteroatoms. The van der Waals surface area contributed by atoms with Gasteiger partial charge in [0.25, 0.3) is 11.8 Å². The molecule has 1 aliphatic heterocycles. The lowest BCUT2D eigenvalue weighted by atomic mass is 10.2. The van der Waals surface area contributed by atoms with Gasteiger partial charge in [-0.15, -0.1) is 23.5 Å². The van der Waals surface area contributed by atoms with Gasteiger partial charge >= 0.3 is 0 Å². The smallest absolute Gasteiger partial charge is 0.258 e. The fourth-order valence-electron chi connectivity index (χ4n) is 2.72. The van der Waals surface area contributed by atoms with Gasteiger partial charge in [0.2, 0.25) is 0 Å². The summed E-state index contributed by atoms with van der Waals surface area (Å²) in [6, 6.07) is 13.6. The number of rotatable bonds is 8. The molecule has 0 bridgehead atoms. The van der Waals surface area contributed by atoms with E-state index in [0.29, 0.717) is 10.3 Å². The van der Waals surface area contributed by atoms with Crippen LogP contribution in [0.3, 0.4) is 0 Å². The zero-order valence-corrected chi connectivity index (χ0v) is 17.5. The van der Waals surface area contributed by atoms with Gasteiger partial charge in [0.15, 0.2) is 6.61 Å². The molecule has 1 heterocycles. The molecule has 0 atom stereocenters. The van der Waals surface area contributed by atoms with Crippen molar-refractivity contribution in [3.05, 3.63) is 65.5 Å². The maximum absolute atomic E-state index is 13.5. The lowest BCUT2D eigenvalue weighted by molar-refractivity contribution is -0.123. The van der Waals surface area contributed by atoms with E-state index < -0.39 is 11.7 Å². The number of thioether (sulfide) groups is 2. The van der Waals surface area contributed by atoms with Gasteiger partial charge in [0.05, 0.1) is 10.1 Å². The molecule has 1 saturated heterocycles. The Labute approximate surface area is 178 Å². The Morgan fingerprint density at radius 1 is 1.00 bits per heavy atom. The lowest BCUT2D eigenvalue weighted by Crippen LogP contribution is -2.37. The van der Waals surface area contributed by atoms with E-state index in [1.165, 1.54) is 41.7 Å². The van der Waals surface area contributed by atoms with Crippen LogP contribution in [0.5, 0.6) is 5.75 Å². The fourth-order valence-corrected chi connectivity index (χ4v) is 5.61. The van der Waals surface area contributed by atoms with E-state index in [9.17, 15) is 14.0 Å². The quantitative estimate of drug-likeness (QED) is 0.621. The summed E-state index contributed by atoms with van der Waals surface area (Å²) in [5.74, 6) is 1.65. The summed E-state index contributed by atoms with van der Waals surface area (Å²) >= 11 is 3.92. The Morgan fingerprint density at radius 3 is 2.41 bits per heavy atom.